The number of nitrogens with zero attached hydrogens (tertiary/aromatic N) is 2. The van der Waals surface area contributed by atoms with Crippen molar-refractivity contribution >= 4 is 21.9 Å². The number of halogens is 1. The van der Waals surface area contributed by atoms with Crippen molar-refractivity contribution in [2.24, 2.45) is 0 Å². The highest BCUT2D eigenvalue weighted by atomic mass is 79.9. The van der Waals surface area contributed by atoms with E-state index >= 15 is 0 Å². The van der Waals surface area contributed by atoms with Crippen LogP contribution in [0.2, 0.25) is 0 Å². The van der Waals surface area contributed by atoms with E-state index in [0.717, 1.165) is 32.7 Å². The number of carbonyl (C=O) groups is 1. The summed E-state index contributed by atoms with van der Waals surface area (Å²) >= 11 is 3.45. The molecule has 1 heterocycles. The number of benzene rings is 1. The second-order valence-electron chi connectivity index (χ2n) is 4.89. The van der Waals surface area contributed by atoms with Gasteiger partial charge in [-0.05, 0) is 56.5 Å². The second kappa shape index (κ2) is 5.79. The molecule has 1 N–H and O–H groups in total. The van der Waals surface area contributed by atoms with Crippen molar-refractivity contribution in [1.29, 1.82) is 0 Å². The smallest absolute Gasteiger partial charge is 0.303 e. The van der Waals surface area contributed by atoms with Crippen LogP contribution in [0.1, 0.15) is 28.9 Å². The number of carboxylic acids is 1. The summed E-state index contributed by atoms with van der Waals surface area (Å²) in [5.41, 5.74) is 5.07. The molecule has 0 atom stereocenters. The van der Waals surface area contributed by atoms with Crippen LogP contribution in [0.4, 0.5) is 0 Å². The summed E-state index contributed by atoms with van der Waals surface area (Å²) in [6.07, 6.45) is 0.648. The normalized spacial score (nSPS) is 10.8. The first-order valence-corrected chi connectivity index (χ1v) is 7.23. The Balaban J connectivity index is 2.43. The molecular formula is C15H17BrN2O2. The first kappa shape index (κ1) is 14.8. The van der Waals surface area contributed by atoms with Crippen LogP contribution >= 0.6 is 15.9 Å². The SMILES string of the molecule is Cc1cc(Br)ccc1-n1nc(C)c(CCC(=O)O)c1C. The highest BCUT2D eigenvalue weighted by Crippen LogP contribution is 2.23. The van der Waals surface area contributed by atoms with Crippen molar-refractivity contribution in [3.63, 3.8) is 0 Å². The maximum Gasteiger partial charge on any atom is 0.303 e. The zero-order chi connectivity index (χ0) is 14.9. The highest BCUT2D eigenvalue weighted by Gasteiger charge is 2.15. The monoisotopic (exact) mass is 336 g/mol. The third-order valence-electron chi connectivity index (χ3n) is 3.42. The molecular weight excluding hydrogens is 320 g/mol. The average molecular weight is 337 g/mol. The lowest BCUT2D eigenvalue weighted by Gasteiger charge is -2.09. The van der Waals surface area contributed by atoms with Crippen LogP contribution in [-0.4, -0.2) is 20.9 Å². The number of carboxylic acid groups (broad SMARTS) is 1. The van der Waals surface area contributed by atoms with Crippen molar-refractivity contribution < 1.29 is 9.90 Å². The zero-order valence-corrected chi connectivity index (χ0v) is 13.4. The van der Waals surface area contributed by atoms with Gasteiger partial charge in [-0.25, -0.2) is 4.68 Å². The van der Waals surface area contributed by atoms with Crippen LogP contribution in [-0.2, 0) is 11.2 Å². The molecule has 1 aromatic heterocycles. The highest BCUT2D eigenvalue weighted by molar-refractivity contribution is 9.10. The van der Waals surface area contributed by atoms with Crippen molar-refractivity contribution in [3.8, 4) is 5.69 Å². The molecule has 4 nitrogen and oxygen atoms in total. The molecule has 0 saturated carbocycles. The molecule has 106 valence electrons. The van der Waals surface area contributed by atoms with Gasteiger partial charge in [-0.1, -0.05) is 15.9 Å². The van der Waals surface area contributed by atoms with Gasteiger partial charge in [0, 0.05) is 16.6 Å². The molecule has 1 aromatic carbocycles. The summed E-state index contributed by atoms with van der Waals surface area (Å²) in [4.78, 5) is 10.7. The molecule has 0 aliphatic heterocycles. The molecule has 0 amide bonds. The van der Waals surface area contributed by atoms with Gasteiger partial charge in [0.25, 0.3) is 0 Å². The summed E-state index contributed by atoms with van der Waals surface area (Å²) in [5.74, 6) is -0.781. The minimum Gasteiger partial charge on any atom is -0.481 e. The molecule has 0 unspecified atom stereocenters. The molecule has 0 spiro atoms. The molecule has 20 heavy (non-hydrogen) atoms. The fraction of sp³-hybridized carbons (Fsp3) is 0.333. The van der Waals surface area contributed by atoms with Gasteiger partial charge in [0.05, 0.1) is 11.4 Å². The molecule has 2 rings (SSSR count). The minimum absolute atomic E-state index is 0.132. The van der Waals surface area contributed by atoms with E-state index in [-0.39, 0.29) is 6.42 Å². The predicted molar refractivity (Wildman–Crippen MR) is 81.4 cm³/mol. The molecule has 0 saturated heterocycles. The van der Waals surface area contributed by atoms with Crippen LogP contribution in [0.5, 0.6) is 0 Å². The fourth-order valence-electron chi connectivity index (χ4n) is 2.36. The van der Waals surface area contributed by atoms with E-state index in [1.54, 1.807) is 0 Å². The van der Waals surface area contributed by atoms with E-state index in [4.69, 9.17) is 5.11 Å². The predicted octanol–water partition coefficient (Wildman–Crippen LogP) is 3.58. The molecule has 2 aromatic rings. The Morgan fingerprint density at radius 3 is 2.65 bits per heavy atom. The fourth-order valence-corrected chi connectivity index (χ4v) is 2.84. The van der Waals surface area contributed by atoms with Gasteiger partial charge < -0.3 is 5.11 Å². The molecule has 0 bridgehead atoms. The summed E-state index contributed by atoms with van der Waals surface area (Å²) in [6.45, 7) is 5.95. The van der Waals surface area contributed by atoms with Gasteiger partial charge in [-0.15, -0.1) is 0 Å². The van der Waals surface area contributed by atoms with E-state index in [1.807, 2.05) is 43.7 Å². The largest absolute Gasteiger partial charge is 0.481 e. The summed E-state index contributed by atoms with van der Waals surface area (Å²) in [6, 6.07) is 6.04. The molecule has 0 aliphatic rings. The van der Waals surface area contributed by atoms with Crippen LogP contribution in [0.3, 0.4) is 0 Å². The topological polar surface area (TPSA) is 55.1 Å². The Kier molecular flexibility index (Phi) is 4.28. The van der Waals surface area contributed by atoms with E-state index < -0.39 is 5.97 Å². The van der Waals surface area contributed by atoms with E-state index in [9.17, 15) is 4.79 Å². The number of aryl methyl sites for hydroxylation is 2. The van der Waals surface area contributed by atoms with Crippen LogP contribution in [0.15, 0.2) is 22.7 Å². The quantitative estimate of drug-likeness (QED) is 0.928. The first-order valence-electron chi connectivity index (χ1n) is 6.43. The molecule has 0 fully saturated rings. The summed E-state index contributed by atoms with van der Waals surface area (Å²) < 4.78 is 2.93. The minimum atomic E-state index is -0.781. The lowest BCUT2D eigenvalue weighted by atomic mass is 10.1. The van der Waals surface area contributed by atoms with Crippen LogP contribution in [0.25, 0.3) is 5.69 Å². The van der Waals surface area contributed by atoms with Gasteiger partial charge in [-0.3, -0.25) is 4.79 Å². The lowest BCUT2D eigenvalue weighted by molar-refractivity contribution is -0.136. The molecule has 0 radical (unpaired) electrons. The Morgan fingerprint density at radius 2 is 2.05 bits per heavy atom. The van der Waals surface area contributed by atoms with Crippen LogP contribution < -0.4 is 0 Å². The Hall–Kier alpha value is -1.62. The summed E-state index contributed by atoms with van der Waals surface area (Å²) in [5, 5.41) is 13.4. The van der Waals surface area contributed by atoms with Crippen molar-refractivity contribution in [2.75, 3.05) is 0 Å². The van der Waals surface area contributed by atoms with Crippen molar-refractivity contribution in [1.82, 2.24) is 9.78 Å². The number of hydrogen-bond acceptors (Lipinski definition) is 2. The molecule has 0 aliphatic carbocycles. The van der Waals surface area contributed by atoms with Gasteiger partial charge in [-0.2, -0.15) is 5.10 Å². The Labute approximate surface area is 126 Å². The first-order chi connectivity index (χ1) is 9.40. The van der Waals surface area contributed by atoms with Gasteiger partial charge in [0.15, 0.2) is 0 Å². The number of rotatable bonds is 4. The average Bonchev–Trinajstić information content (AvgIpc) is 2.62. The van der Waals surface area contributed by atoms with Gasteiger partial charge in [0.1, 0.15) is 0 Å². The lowest BCUT2D eigenvalue weighted by Crippen LogP contribution is -2.03. The van der Waals surface area contributed by atoms with E-state index in [1.165, 1.54) is 0 Å². The van der Waals surface area contributed by atoms with E-state index in [2.05, 4.69) is 21.0 Å². The number of aromatic nitrogens is 2. The number of aliphatic carboxylic acids is 1. The Morgan fingerprint density at radius 1 is 1.35 bits per heavy atom. The van der Waals surface area contributed by atoms with Gasteiger partial charge in [0.2, 0.25) is 0 Å². The number of hydrogen-bond donors (Lipinski definition) is 1. The summed E-state index contributed by atoms with van der Waals surface area (Å²) in [7, 11) is 0. The van der Waals surface area contributed by atoms with Crippen molar-refractivity contribution in [3.05, 3.63) is 45.2 Å². The molecule has 5 heteroatoms. The maximum absolute atomic E-state index is 10.7. The zero-order valence-electron chi connectivity index (χ0n) is 11.8. The maximum atomic E-state index is 10.7. The standard InChI is InChI=1S/C15H17BrN2O2/c1-9-8-12(16)4-6-14(9)18-11(3)13(10(2)17-18)5-7-15(19)20/h4,6,8H,5,7H2,1-3H3,(H,19,20). The third-order valence-corrected chi connectivity index (χ3v) is 3.91. The van der Waals surface area contributed by atoms with E-state index in [0.29, 0.717) is 6.42 Å². The third kappa shape index (κ3) is 2.93. The Bertz CT molecular complexity index is 662. The van der Waals surface area contributed by atoms with Gasteiger partial charge >= 0.3 is 5.97 Å². The second-order valence-corrected chi connectivity index (χ2v) is 5.80. The van der Waals surface area contributed by atoms with Crippen LogP contribution in [0, 0.1) is 20.8 Å². The van der Waals surface area contributed by atoms with Crippen molar-refractivity contribution in [2.45, 2.75) is 33.6 Å².